The maximum atomic E-state index is 12.1. The number of carbonyl (C=O) groups is 2. The molecule has 0 unspecified atom stereocenters. The second kappa shape index (κ2) is 8.08. The zero-order chi connectivity index (χ0) is 15.1. The smallest absolute Gasteiger partial charge is 0.345 e. The van der Waals surface area contributed by atoms with Gasteiger partial charge in [-0.1, -0.05) is 25.3 Å². The molecule has 1 rings (SSSR count). The minimum absolute atomic E-state index is 0.0549. The van der Waals surface area contributed by atoms with E-state index in [0.29, 0.717) is 0 Å². The second-order valence-corrected chi connectivity index (χ2v) is 5.89. The molecule has 1 fully saturated rings. The highest BCUT2D eigenvalue weighted by Gasteiger charge is 2.25. The Labute approximate surface area is 121 Å². The molecule has 0 aromatic carbocycles. The summed E-state index contributed by atoms with van der Waals surface area (Å²) in [6.45, 7) is 7.07. The van der Waals surface area contributed by atoms with E-state index in [-0.39, 0.29) is 23.7 Å². The molecule has 4 nitrogen and oxygen atoms in total. The van der Waals surface area contributed by atoms with E-state index < -0.39 is 11.9 Å². The molecule has 0 aromatic rings. The first-order valence-electron chi connectivity index (χ1n) is 7.54. The first-order valence-corrected chi connectivity index (χ1v) is 7.54. The fourth-order valence-electron chi connectivity index (χ4n) is 2.31. The van der Waals surface area contributed by atoms with Gasteiger partial charge >= 0.3 is 11.9 Å². The van der Waals surface area contributed by atoms with Crippen LogP contribution in [0.3, 0.4) is 0 Å². The summed E-state index contributed by atoms with van der Waals surface area (Å²) < 4.78 is 10.3. The van der Waals surface area contributed by atoms with Crippen molar-refractivity contribution < 1.29 is 19.1 Å². The molecule has 1 aliphatic carbocycles. The first-order chi connectivity index (χ1) is 9.40. The summed E-state index contributed by atoms with van der Waals surface area (Å²) in [5, 5.41) is 0. The summed E-state index contributed by atoms with van der Waals surface area (Å²) in [5.74, 6) is -0.870. The quantitative estimate of drug-likeness (QED) is 0.336. The van der Waals surface area contributed by atoms with Crippen LogP contribution in [0.25, 0.3) is 0 Å². The van der Waals surface area contributed by atoms with Crippen molar-refractivity contribution in [2.24, 2.45) is 5.92 Å². The molecule has 0 N–H and O–H groups in total. The van der Waals surface area contributed by atoms with Crippen LogP contribution in [0.15, 0.2) is 11.6 Å². The van der Waals surface area contributed by atoms with Gasteiger partial charge in [-0.15, -0.1) is 0 Å². The Morgan fingerprint density at radius 3 is 1.75 bits per heavy atom. The molecule has 0 amide bonds. The maximum absolute atomic E-state index is 12.1. The van der Waals surface area contributed by atoms with Crippen LogP contribution >= 0.6 is 0 Å². The van der Waals surface area contributed by atoms with Gasteiger partial charge in [0, 0.05) is 0 Å². The molecule has 0 saturated heterocycles. The summed E-state index contributed by atoms with van der Waals surface area (Å²) in [7, 11) is 0. The molecule has 0 atom stereocenters. The van der Waals surface area contributed by atoms with Crippen LogP contribution in [0.5, 0.6) is 0 Å². The molecule has 114 valence electrons. The average Bonchev–Trinajstić information content (AvgIpc) is 2.35. The van der Waals surface area contributed by atoms with Crippen molar-refractivity contribution in [1.29, 1.82) is 0 Å². The molecular formula is C16H26O4. The molecular weight excluding hydrogens is 256 g/mol. The van der Waals surface area contributed by atoms with Crippen LogP contribution in [0.1, 0.15) is 59.8 Å². The van der Waals surface area contributed by atoms with Crippen LogP contribution < -0.4 is 0 Å². The predicted octanol–water partition coefficient (Wildman–Crippen LogP) is 3.40. The van der Waals surface area contributed by atoms with Gasteiger partial charge in [-0.2, -0.15) is 0 Å². The lowest BCUT2D eigenvalue weighted by Gasteiger charge is -2.20. The lowest BCUT2D eigenvalue weighted by atomic mass is 9.88. The van der Waals surface area contributed by atoms with Gasteiger partial charge in [0.25, 0.3) is 0 Å². The highest BCUT2D eigenvalue weighted by molar-refractivity contribution is 6.14. The molecule has 0 bridgehead atoms. The fourth-order valence-corrected chi connectivity index (χ4v) is 2.31. The summed E-state index contributed by atoms with van der Waals surface area (Å²) >= 11 is 0. The standard InChI is InChI=1S/C16H26O4/c1-11(2)19-15(17)14(16(18)20-12(3)4)10-13-8-6-5-7-9-13/h10-13H,5-9H2,1-4H3. The summed E-state index contributed by atoms with van der Waals surface area (Å²) in [6, 6.07) is 0. The lowest BCUT2D eigenvalue weighted by molar-refractivity contribution is -0.151. The SMILES string of the molecule is CC(C)OC(=O)C(=CC1CCCCC1)C(=O)OC(C)C. The molecule has 20 heavy (non-hydrogen) atoms. The largest absolute Gasteiger partial charge is 0.459 e. The van der Waals surface area contributed by atoms with E-state index in [1.165, 1.54) is 6.42 Å². The number of allylic oxidation sites excluding steroid dienone is 1. The predicted molar refractivity (Wildman–Crippen MR) is 77.1 cm³/mol. The van der Waals surface area contributed by atoms with E-state index in [4.69, 9.17) is 9.47 Å². The lowest BCUT2D eigenvalue weighted by Crippen LogP contribution is -2.24. The van der Waals surface area contributed by atoms with Crippen LogP contribution in [0, 0.1) is 5.92 Å². The van der Waals surface area contributed by atoms with Gasteiger partial charge in [0.2, 0.25) is 0 Å². The fraction of sp³-hybridized carbons (Fsp3) is 0.750. The van der Waals surface area contributed by atoms with Crippen molar-refractivity contribution in [3.63, 3.8) is 0 Å². The monoisotopic (exact) mass is 282 g/mol. The number of carbonyl (C=O) groups excluding carboxylic acids is 2. The Kier molecular flexibility index (Phi) is 6.76. The Hall–Kier alpha value is -1.32. The third-order valence-corrected chi connectivity index (χ3v) is 3.18. The highest BCUT2D eigenvalue weighted by atomic mass is 16.6. The van der Waals surface area contributed by atoms with E-state index in [9.17, 15) is 9.59 Å². The van der Waals surface area contributed by atoms with E-state index in [1.807, 2.05) is 0 Å². The molecule has 0 aliphatic heterocycles. The highest BCUT2D eigenvalue weighted by Crippen LogP contribution is 2.26. The number of ether oxygens (including phenoxy) is 2. The van der Waals surface area contributed by atoms with Crippen molar-refractivity contribution in [2.45, 2.75) is 72.0 Å². The molecule has 0 heterocycles. The summed E-state index contributed by atoms with van der Waals surface area (Å²) in [4.78, 5) is 24.1. The summed E-state index contributed by atoms with van der Waals surface area (Å²) in [6.07, 6.45) is 6.83. The van der Waals surface area contributed by atoms with Crippen LogP contribution in [0.2, 0.25) is 0 Å². The van der Waals surface area contributed by atoms with Gasteiger partial charge in [-0.3, -0.25) is 0 Å². The number of esters is 2. The van der Waals surface area contributed by atoms with Crippen LogP contribution in [-0.2, 0) is 19.1 Å². The molecule has 1 aliphatic rings. The molecule has 0 radical (unpaired) electrons. The molecule has 1 saturated carbocycles. The molecule has 0 spiro atoms. The van der Waals surface area contributed by atoms with Crippen molar-refractivity contribution in [3.05, 3.63) is 11.6 Å². The number of rotatable bonds is 5. The number of hydrogen-bond donors (Lipinski definition) is 0. The second-order valence-electron chi connectivity index (χ2n) is 5.89. The first kappa shape index (κ1) is 16.7. The maximum Gasteiger partial charge on any atom is 0.345 e. The van der Waals surface area contributed by atoms with Gasteiger partial charge in [0.1, 0.15) is 5.57 Å². The minimum atomic E-state index is -0.573. The van der Waals surface area contributed by atoms with Gasteiger partial charge < -0.3 is 9.47 Å². The minimum Gasteiger partial charge on any atom is -0.459 e. The van der Waals surface area contributed by atoms with E-state index >= 15 is 0 Å². The van der Waals surface area contributed by atoms with Gasteiger partial charge in [0.15, 0.2) is 0 Å². The van der Waals surface area contributed by atoms with E-state index in [1.54, 1.807) is 33.8 Å². The molecule has 4 heteroatoms. The third-order valence-electron chi connectivity index (χ3n) is 3.18. The zero-order valence-electron chi connectivity index (χ0n) is 13.0. The van der Waals surface area contributed by atoms with Crippen molar-refractivity contribution in [2.75, 3.05) is 0 Å². The van der Waals surface area contributed by atoms with Crippen LogP contribution in [-0.4, -0.2) is 24.1 Å². The van der Waals surface area contributed by atoms with Gasteiger partial charge in [0.05, 0.1) is 12.2 Å². The van der Waals surface area contributed by atoms with Gasteiger partial charge in [-0.05, 0) is 46.5 Å². The van der Waals surface area contributed by atoms with Crippen molar-refractivity contribution in [3.8, 4) is 0 Å². The Morgan fingerprint density at radius 2 is 1.35 bits per heavy atom. The van der Waals surface area contributed by atoms with Crippen molar-refractivity contribution >= 4 is 11.9 Å². The van der Waals surface area contributed by atoms with Gasteiger partial charge in [-0.25, -0.2) is 9.59 Å². The number of hydrogen-bond acceptors (Lipinski definition) is 4. The van der Waals surface area contributed by atoms with E-state index in [2.05, 4.69) is 0 Å². The summed E-state index contributed by atoms with van der Waals surface area (Å²) in [5.41, 5.74) is 0.0549. The Balaban J connectivity index is 2.84. The molecule has 0 aromatic heterocycles. The zero-order valence-corrected chi connectivity index (χ0v) is 13.0. The Bertz CT molecular complexity index is 339. The normalized spacial score (nSPS) is 16.1. The third kappa shape index (κ3) is 5.76. The van der Waals surface area contributed by atoms with E-state index in [0.717, 1.165) is 25.7 Å². The average molecular weight is 282 g/mol. The van der Waals surface area contributed by atoms with Crippen LogP contribution in [0.4, 0.5) is 0 Å². The topological polar surface area (TPSA) is 52.6 Å². The van der Waals surface area contributed by atoms with Crippen molar-refractivity contribution in [1.82, 2.24) is 0 Å². The Morgan fingerprint density at radius 1 is 0.900 bits per heavy atom.